The topological polar surface area (TPSA) is 49.9 Å². The molecule has 29 heavy (non-hydrogen) atoms. The van der Waals surface area contributed by atoms with Crippen molar-refractivity contribution in [3.63, 3.8) is 0 Å². The van der Waals surface area contributed by atoms with Gasteiger partial charge in [0.05, 0.1) is 5.41 Å². The monoisotopic (exact) mass is 396 g/mol. The van der Waals surface area contributed by atoms with Gasteiger partial charge in [-0.15, -0.1) is 0 Å². The fraction of sp³-hybridized carbons (Fsp3) is 0.583. The molecule has 0 N–H and O–H groups in total. The van der Waals surface area contributed by atoms with E-state index >= 15 is 0 Å². The average molecular weight is 397 g/mol. The zero-order valence-electron chi connectivity index (χ0n) is 17.7. The molecule has 2 amide bonds. The van der Waals surface area contributed by atoms with Crippen molar-refractivity contribution in [2.24, 2.45) is 11.3 Å². The van der Waals surface area contributed by atoms with Gasteiger partial charge in [0.25, 0.3) is 0 Å². The fourth-order valence-electron chi connectivity index (χ4n) is 4.03. The third kappa shape index (κ3) is 6.00. The van der Waals surface area contributed by atoms with Crippen LogP contribution in [-0.2, 0) is 9.53 Å². The van der Waals surface area contributed by atoms with Crippen molar-refractivity contribution >= 4 is 12.0 Å². The Balaban J connectivity index is 1.41. The first kappa shape index (κ1) is 21.2. The van der Waals surface area contributed by atoms with Gasteiger partial charge in [-0.25, -0.2) is 4.79 Å². The second kappa shape index (κ2) is 9.82. The zero-order chi connectivity index (χ0) is 20.7. The molecule has 0 aromatic carbocycles. The van der Waals surface area contributed by atoms with Gasteiger partial charge < -0.3 is 14.5 Å². The van der Waals surface area contributed by atoms with Crippen LogP contribution in [0.25, 0.3) is 0 Å². The first-order valence-electron chi connectivity index (χ1n) is 10.7. The van der Waals surface area contributed by atoms with E-state index in [0.717, 1.165) is 25.7 Å². The van der Waals surface area contributed by atoms with Crippen molar-refractivity contribution in [3.05, 3.63) is 36.0 Å². The Kier molecular flexibility index (Phi) is 7.19. The summed E-state index contributed by atoms with van der Waals surface area (Å²) in [5.41, 5.74) is 0.825. The highest BCUT2D eigenvalue weighted by Crippen LogP contribution is 2.26. The Morgan fingerprint density at radius 2 is 1.79 bits per heavy atom. The Morgan fingerprint density at radius 1 is 1.10 bits per heavy atom. The molecular formula is C24H32N2O3. The number of rotatable bonds is 2. The lowest BCUT2D eigenvalue weighted by molar-refractivity contribution is -0.138. The third-order valence-corrected chi connectivity index (χ3v) is 5.92. The average Bonchev–Trinajstić information content (AvgIpc) is 2.92. The summed E-state index contributed by atoms with van der Waals surface area (Å²) >= 11 is 0. The van der Waals surface area contributed by atoms with Crippen LogP contribution in [0.1, 0.15) is 46.0 Å². The number of carbonyl (C=O) groups is 2. The number of amides is 2. The highest BCUT2D eigenvalue weighted by atomic mass is 16.6. The van der Waals surface area contributed by atoms with Gasteiger partial charge in [-0.2, -0.15) is 0 Å². The van der Waals surface area contributed by atoms with E-state index in [1.165, 1.54) is 12.0 Å². The smallest absolute Gasteiger partial charge is 0.410 e. The van der Waals surface area contributed by atoms with Gasteiger partial charge in [0.15, 0.2) is 6.61 Å². The van der Waals surface area contributed by atoms with Crippen molar-refractivity contribution in [1.82, 2.24) is 9.80 Å². The molecule has 0 spiro atoms. The number of piperazine rings is 1. The molecular weight excluding hydrogens is 364 g/mol. The van der Waals surface area contributed by atoms with E-state index < -0.39 is 0 Å². The van der Waals surface area contributed by atoms with Crippen LogP contribution < -0.4 is 0 Å². The molecule has 2 aliphatic carbocycles. The summed E-state index contributed by atoms with van der Waals surface area (Å²) in [7, 11) is 0. The Labute approximate surface area is 174 Å². The van der Waals surface area contributed by atoms with Crippen molar-refractivity contribution in [2.75, 3.05) is 32.8 Å². The number of hydrogen-bond acceptors (Lipinski definition) is 3. The maximum atomic E-state index is 12.6. The van der Waals surface area contributed by atoms with Crippen LogP contribution in [0.4, 0.5) is 4.79 Å². The highest BCUT2D eigenvalue weighted by Gasteiger charge is 2.30. The number of nitrogens with zero attached hydrogens (tertiary/aromatic N) is 2. The summed E-state index contributed by atoms with van der Waals surface area (Å²) in [6.07, 6.45) is 15.4. The predicted octanol–water partition coefficient (Wildman–Crippen LogP) is 3.93. The van der Waals surface area contributed by atoms with Gasteiger partial charge in [-0.1, -0.05) is 67.1 Å². The standard InChI is InChI=1S/C24H32N2O3/c1-20-8-6-12-24(2,14-11-20)13-7-19-29-23(28)26-17-15-25(16-18-26)22(27)21-9-4-3-5-10-21/h6,8,11-12,14,21H,3-5,9-10,15-19H2,1-2H3. The highest BCUT2D eigenvalue weighted by molar-refractivity contribution is 5.79. The molecule has 5 nitrogen and oxygen atoms in total. The van der Waals surface area contributed by atoms with Gasteiger partial charge >= 0.3 is 6.09 Å². The molecule has 5 heteroatoms. The number of hydrogen-bond donors (Lipinski definition) is 0. The normalized spacial score (nSPS) is 25.0. The lowest BCUT2D eigenvalue weighted by Crippen LogP contribution is -2.52. The summed E-state index contributed by atoms with van der Waals surface area (Å²) in [5.74, 6) is 6.59. The molecule has 3 aliphatic rings. The van der Waals surface area contributed by atoms with E-state index in [9.17, 15) is 9.59 Å². The summed E-state index contributed by atoms with van der Waals surface area (Å²) < 4.78 is 5.33. The van der Waals surface area contributed by atoms with Crippen LogP contribution in [0, 0.1) is 23.2 Å². The minimum absolute atomic E-state index is 0.0731. The maximum absolute atomic E-state index is 12.6. The van der Waals surface area contributed by atoms with Gasteiger partial charge in [-0.3, -0.25) is 4.79 Å². The molecule has 1 saturated heterocycles. The first-order valence-corrected chi connectivity index (χ1v) is 10.7. The van der Waals surface area contributed by atoms with Gasteiger partial charge in [0.1, 0.15) is 0 Å². The largest absolute Gasteiger partial charge is 0.436 e. The van der Waals surface area contributed by atoms with Crippen molar-refractivity contribution in [1.29, 1.82) is 0 Å². The lowest BCUT2D eigenvalue weighted by atomic mass is 9.88. The van der Waals surface area contributed by atoms with Gasteiger partial charge in [0.2, 0.25) is 5.91 Å². The van der Waals surface area contributed by atoms with Gasteiger partial charge in [-0.05, 0) is 26.7 Å². The van der Waals surface area contributed by atoms with Crippen molar-refractivity contribution < 1.29 is 14.3 Å². The molecule has 1 atom stereocenters. The van der Waals surface area contributed by atoms with E-state index in [2.05, 4.69) is 24.0 Å². The zero-order valence-corrected chi connectivity index (χ0v) is 17.7. The molecule has 0 aromatic heterocycles. The van der Waals surface area contributed by atoms with Crippen LogP contribution >= 0.6 is 0 Å². The molecule has 1 unspecified atom stereocenters. The Bertz CT molecular complexity index is 757. The van der Waals surface area contributed by atoms with Crippen molar-refractivity contribution in [3.8, 4) is 11.8 Å². The van der Waals surface area contributed by atoms with Crippen LogP contribution in [0.5, 0.6) is 0 Å². The fourth-order valence-corrected chi connectivity index (χ4v) is 4.03. The SMILES string of the molecule is CC1=CC=CC(C)(C#CCOC(=O)N2CCN(C(=O)C3CCCCC3)CC2)C=C1. The molecule has 1 aliphatic heterocycles. The maximum Gasteiger partial charge on any atom is 0.410 e. The van der Waals surface area contributed by atoms with Gasteiger partial charge in [0, 0.05) is 32.1 Å². The van der Waals surface area contributed by atoms with Crippen LogP contribution in [0.15, 0.2) is 36.0 Å². The molecule has 0 bridgehead atoms. The molecule has 2 fully saturated rings. The molecule has 1 heterocycles. The molecule has 0 radical (unpaired) electrons. The quantitative estimate of drug-likeness (QED) is 0.665. The minimum atomic E-state index is -0.355. The second-order valence-corrected chi connectivity index (χ2v) is 8.39. The van der Waals surface area contributed by atoms with E-state index in [4.69, 9.17) is 4.74 Å². The van der Waals surface area contributed by atoms with E-state index in [1.807, 2.05) is 37.0 Å². The van der Waals surface area contributed by atoms with E-state index in [-0.39, 0.29) is 29.9 Å². The summed E-state index contributed by atoms with van der Waals surface area (Å²) in [6.45, 7) is 6.39. The number of ether oxygens (including phenoxy) is 1. The summed E-state index contributed by atoms with van der Waals surface area (Å²) in [6, 6.07) is 0. The Morgan fingerprint density at radius 3 is 2.52 bits per heavy atom. The molecule has 1 saturated carbocycles. The van der Waals surface area contributed by atoms with E-state index in [0.29, 0.717) is 26.2 Å². The minimum Gasteiger partial charge on any atom is -0.436 e. The van der Waals surface area contributed by atoms with Crippen LogP contribution in [0.2, 0.25) is 0 Å². The number of carbonyl (C=O) groups excluding carboxylic acids is 2. The van der Waals surface area contributed by atoms with Crippen molar-refractivity contribution in [2.45, 2.75) is 46.0 Å². The Hall–Kier alpha value is -2.48. The molecule has 3 rings (SSSR count). The lowest BCUT2D eigenvalue weighted by Gasteiger charge is -2.36. The number of allylic oxidation sites excluding steroid dienone is 6. The second-order valence-electron chi connectivity index (χ2n) is 8.39. The molecule has 0 aromatic rings. The van der Waals surface area contributed by atoms with E-state index in [1.54, 1.807) is 4.90 Å². The summed E-state index contributed by atoms with van der Waals surface area (Å²) in [4.78, 5) is 28.5. The van der Waals surface area contributed by atoms with Crippen LogP contribution in [-0.4, -0.2) is 54.6 Å². The van der Waals surface area contributed by atoms with Crippen LogP contribution in [0.3, 0.4) is 0 Å². The first-order chi connectivity index (χ1) is 14.0. The predicted molar refractivity (Wildman–Crippen MR) is 114 cm³/mol. The third-order valence-electron chi connectivity index (χ3n) is 5.92. The summed E-state index contributed by atoms with van der Waals surface area (Å²) in [5, 5.41) is 0. The molecule has 156 valence electrons.